The molecule has 5 heteroatoms. The third-order valence-electron chi connectivity index (χ3n) is 3.81. The molecule has 0 radical (unpaired) electrons. The van der Waals surface area contributed by atoms with E-state index in [1.165, 1.54) is 0 Å². The summed E-state index contributed by atoms with van der Waals surface area (Å²) in [6.07, 6.45) is 1.72. The molecule has 2 heterocycles. The Morgan fingerprint density at radius 1 is 0.917 bits per heavy atom. The zero-order valence-corrected chi connectivity index (χ0v) is 13.9. The van der Waals surface area contributed by atoms with Crippen molar-refractivity contribution >= 4 is 46.4 Å². The number of halogens is 2. The standard InChI is InChI=1S/C19H11Cl2NO2/c20-12-3-1-11(2-4-12)18-8-6-14(24-18)10-16-15-9-13(21)5-7-17(15)22-19(16)23/h1-10H,(H,22,23)/b16-10-. The van der Waals surface area contributed by atoms with Gasteiger partial charge in [-0.15, -0.1) is 0 Å². The molecule has 0 atom stereocenters. The molecule has 0 aliphatic carbocycles. The van der Waals surface area contributed by atoms with Crippen LogP contribution in [0.1, 0.15) is 11.3 Å². The van der Waals surface area contributed by atoms with Crippen LogP contribution in [-0.2, 0) is 4.79 Å². The number of carbonyl (C=O) groups is 1. The Balaban J connectivity index is 1.71. The fourth-order valence-electron chi connectivity index (χ4n) is 2.65. The van der Waals surface area contributed by atoms with Crippen LogP contribution in [-0.4, -0.2) is 5.91 Å². The average Bonchev–Trinajstić information content (AvgIpc) is 3.14. The summed E-state index contributed by atoms with van der Waals surface area (Å²) in [7, 11) is 0. The molecule has 1 aliphatic rings. The van der Waals surface area contributed by atoms with Gasteiger partial charge in [-0.1, -0.05) is 23.2 Å². The fourth-order valence-corrected chi connectivity index (χ4v) is 2.94. The number of hydrogen-bond donors (Lipinski definition) is 1. The minimum Gasteiger partial charge on any atom is -0.457 e. The van der Waals surface area contributed by atoms with E-state index in [0.717, 1.165) is 16.8 Å². The summed E-state index contributed by atoms with van der Waals surface area (Å²) >= 11 is 11.9. The number of benzene rings is 2. The van der Waals surface area contributed by atoms with Gasteiger partial charge >= 0.3 is 0 Å². The van der Waals surface area contributed by atoms with E-state index in [4.69, 9.17) is 27.6 Å². The lowest BCUT2D eigenvalue weighted by atomic mass is 10.1. The van der Waals surface area contributed by atoms with Crippen LogP contribution in [0, 0.1) is 0 Å². The van der Waals surface area contributed by atoms with E-state index in [9.17, 15) is 4.79 Å². The number of rotatable bonds is 2. The molecule has 3 nitrogen and oxygen atoms in total. The molecule has 24 heavy (non-hydrogen) atoms. The van der Waals surface area contributed by atoms with E-state index in [0.29, 0.717) is 27.1 Å². The lowest BCUT2D eigenvalue weighted by Crippen LogP contribution is -2.03. The average molecular weight is 356 g/mol. The van der Waals surface area contributed by atoms with Gasteiger partial charge in [-0.3, -0.25) is 4.79 Å². The largest absolute Gasteiger partial charge is 0.457 e. The molecule has 0 bridgehead atoms. The van der Waals surface area contributed by atoms with Crippen molar-refractivity contribution in [1.29, 1.82) is 0 Å². The first-order valence-corrected chi connectivity index (χ1v) is 8.04. The highest BCUT2D eigenvalue weighted by Crippen LogP contribution is 2.35. The van der Waals surface area contributed by atoms with Crippen molar-refractivity contribution in [3.8, 4) is 11.3 Å². The minimum absolute atomic E-state index is 0.170. The first-order valence-electron chi connectivity index (χ1n) is 7.29. The first kappa shape index (κ1) is 15.1. The van der Waals surface area contributed by atoms with Crippen molar-refractivity contribution in [1.82, 2.24) is 0 Å². The van der Waals surface area contributed by atoms with Gasteiger partial charge in [-0.25, -0.2) is 0 Å². The summed E-state index contributed by atoms with van der Waals surface area (Å²) in [5, 5.41) is 4.07. The molecule has 0 saturated carbocycles. The molecule has 0 unspecified atom stereocenters. The smallest absolute Gasteiger partial charge is 0.256 e. The van der Waals surface area contributed by atoms with E-state index in [2.05, 4.69) is 5.32 Å². The lowest BCUT2D eigenvalue weighted by molar-refractivity contribution is -0.110. The number of anilines is 1. The van der Waals surface area contributed by atoms with E-state index in [-0.39, 0.29) is 5.91 Å². The Hall–Kier alpha value is -2.49. The van der Waals surface area contributed by atoms with Gasteiger partial charge in [0.25, 0.3) is 5.91 Å². The highest BCUT2D eigenvalue weighted by molar-refractivity contribution is 6.36. The normalized spacial score (nSPS) is 14.8. The molecule has 3 aromatic rings. The molecule has 1 aromatic heterocycles. The van der Waals surface area contributed by atoms with Crippen LogP contribution in [0.15, 0.2) is 59.0 Å². The van der Waals surface area contributed by atoms with Gasteiger partial charge in [-0.2, -0.15) is 0 Å². The van der Waals surface area contributed by atoms with Crippen LogP contribution in [0.2, 0.25) is 10.0 Å². The summed E-state index contributed by atoms with van der Waals surface area (Å²) < 4.78 is 5.83. The van der Waals surface area contributed by atoms with Crippen LogP contribution in [0.3, 0.4) is 0 Å². The van der Waals surface area contributed by atoms with E-state index >= 15 is 0 Å². The zero-order chi connectivity index (χ0) is 16.7. The van der Waals surface area contributed by atoms with Crippen LogP contribution in [0.4, 0.5) is 5.69 Å². The van der Waals surface area contributed by atoms with Crippen molar-refractivity contribution < 1.29 is 9.21 Å². The number of carbonyl (C=O) groups excluding carboxylic acids is 1. The number of hydrogen-bond acceptors (Lipinski definition) is 2. The molecule has 1 aliphatic heterocycles. The van der Waals surface area contributed by atoms with Gasteiger partial charge in [0.1, 0.15) is 11.5 Å². The van der Waals surface area contributed by atoms with E-state index in [1.54, 1.807) is 36.4 Å². The minimum atomic E-state index is -0.170. The highest BCUT2D eigenvalue weighted by Gasteiger charge is 2.24. The Morgan fingerprint density at radius 2 is 1.67 bits per heavy atom. The molecule has 118 valence electrons. The lowest BCUT2D eigenvalue weighted by Gasteiger charge is -1.99. The van der Waals surface area contributed by atoms with E-state index in [1.807, 2.05) is 24.3 Å². The van der Waals surface area contributed by atoms with Gasteiger partial charge in [0.15, 0.2) is 0 Å². The van der Waals surface area contributed by atoms with Crippen molar-refractivity contribution in [2.45, 2.75) is 0 Å². The molecular weight excluding hydrogens is 345 g/mol. The van der Waals surface area contributed by atoms with Crippen molar-refractivity contribution in [2.24, 2.45) is 0 Å². The SMILES string of the molecule is O=C1Nc2ccc(Cl)cc2/C1=C/c1ccc(-c2ccc(Cl)cc2)o1. The van der Waals surface area contributed by atoms with Crippen LogP contribution in [0.5, 0.6) is 0 Å². The second-order valence-corrected chi connectivity index (χ2v) is 6.28. The van der Waals surface area contributed by atoms with Gasteiger partial charge in [0.05, 0.1) is 5.57 Å². The van der Waals surface area contributed by atoms with E-state index < -0.39 is 0 Å². The summed E-state index contributed by atoms with van der Waals surface area (Å²) in [5.74, 6) is 1.14. The molecule has 0 saturated heterocycles. The summed E-state index contributed by atoms with van der Waals surface area (Å²) in [6.45, 7) is 0. The number of furan rings is 1. The molecule has 2 aromatic carbocycles. The van der Waals surface area contributed by atoms with Gasteiger partial charge < -0.3 is 9.73 Å². The molecule has 4 rings (SSSR count). The third kappa shape index (κ3) is 2.73. The Labute approximate surface area is 148 Å². The van der Waals surface area contributed by atoms with Gasteiger partial charge in [0.2, 0.25) is 0 Å². The Morgan fingerprint density at radius 3 is 2.46 bits per heavy atom. The maximum atomic E-state index is 12.2. The summed E-state index contributed by atoms with van der Waals surface area (Å²) in [6, 6.07) is 16.4. The fraction of sp³-hybridized carbons (Fsp3) is 0. The predicted octanol–water partition coefficient (Wildman–Crippen LogP) is 5.75. The van der Waals surface area contributed by atoms with Crippen molar-refractivity contribution in [3.63, 3.8) is 0 Å². The quantitative estimate of drug-likeness (QED) is 0.595. The maximum Gasteiger partial charge on any atom is 0.256 e. The number of fused-ring (bicyclic) bond motifs is 1. The Bertz CT molecular complexity index is 971. The molecular formula is C19H11Cl2NO2. The Kier molecular flexibility index (Phi) is 3.68. The number of amides is 1. The van der Waals surface area contributed by atoms with Crippen LogP contribution in [0.25, 0.3) is 23.0 Å². The number of nitrogens with one attached hydrogen (secondary N) is 1. The second-order valence-electron chi connectivity index (χ2n) is 5.41. The van der Waals surface area contributed by atoms with Crippen molar-refractivity contribution in [2.75, 3.05) is 5.32 Å². The van der Waals surface area contributed by atoms with Gasteiger partial charge in [-0.05, 0) is 60.7 Å². The molecule has 1 amide bonds. The third-order valence-corrected chi connectivity index (χ3v) is 4.29. The highest BCUT2D eigenvalue weighted by atomic mass is 35.5. The second kappa shape index (κ2) is 5.86. The van der Waals surface area contributed by atoms with Crippen LogP contribution < -0.4 is 5.32 Å². The van der Waals surface area contributed by atoms with Crippen molar-refractivity contribution in [3.05, 3.63) is 76.0 Å². The molecule has 0 spiro atoms. The summed E-state index contributed by atoms with van der Waals surface area (Å²) in [5.41, 5.74) is 2.98. The predicted molar refractivity (Wildman–Crippen MR) is 97.1 cm³/mol. The summed E-state index contributed by atoms with van der Waals surface area (Å²) in [4.78, 5) is 12.2. The van der Waals surface area contributed by atoms with Gasteiger partial charge in [0, 0.05) is 26.9 Å². The zero-order valence-electron chi connectivity index (χ0n) is 12.3. The molecule has 0 fully saturated rings. The maximum absolute atomic E-state index is 12.2. The molecule has 1 N–H and O–H groups in total. The monoisotopic (exact) mass is 355 g/mol. The van der Waals surface area contributed by atoms with Crippen LogP contribution >= 0.6 is 23.2 Å². The topological polar surface area (TPSA) is 42.2 Å². The first-order chi connectivity index (χ1) is 11.6.